The summed E-state index contributed by atoms with van der Waals surface area (Å²) < 4.78 is 11.3. The van der Waals surface area contributed by atoms with Crippen LogP contribution < -0.4 is 4.90 Å². The molecule has 0 bridgehead atoms. The Bertz CT molecular complexity index is 893. The SMILES string of the molecule is CCN1CCN(c2ncc(-c3cc(C)no3)c(-c3ccc(C)o3)n2)CC1. The van der Waals surface area contributed by atoms with Crippen molar-refractivity contribution in [2.24, 2.45) is 0 Å². The smallest absolute Gasteiger partial charge is 0.226 e. The van der Waals surface area contributed by atoms with Crippen LogP contribution in [0.4, 0.5) is 5.95 Å². The van der Waals surface area contributed by atoms with Gasteiger partial charge in [0, 0.05) is 38.4 Å². The van der Waals surface area contributed by atoms with Gasteiger partial charge in [-0.1, -0.05) is 12.1 Å². The van der Waals surface area contributed by atoms with Gasteiger partial charge in [0.25, 0.3) is 0 Å². The zero-order valence-corrected chi connectivity index (χ0v) is 15.4. The van der Waals surface area contributed by atoms with E-state index in [1.165, 1.54) is 0 Å². The minimum Gasteiger partial charge on any atom is -0.460 e. The van der Waals surface area contributed by atoms with Crippen molar-refractivity contribution in [2.75, 3.05) is 37.6 Å². The quantitative estimate of drug-likeness (QED) is 0.713. The van der Waals surface area contributed by atoms with Gasteiger partial charge in [0.2, 0.25) is 5.95 Å². The maximum atomic E-state index is 5.84. The van der Waals surface area contributed by atoms with Crippen molar-refractivity contribution >= 4 is 5.95 Å². The number of hydrogen-bond donors (Lipinski definition) is 0. The third kappa shape index (κ3) is 3.22. The molecule has 4 heterocycles. The Kier molecular flexibility index (Phi) is 4.46. The van der Waals surface area contributed by atoms with Gasteiger partial charge in [-0.3, -0.25) is 0 Å². The van der Waals surface area contributed by atoms with E-state index in [1.807, 2.05) is 38.2 Å². The molecule has 26 heavy (non-hydrogen) atoms. The average molecular weight is 353 g/mol. The van der Waals surface area contributed by atoms with E-state index in [9.17, 15) is 0 Å². The highest BCUT2D eigenvalue weighted by atomic mass is 16.5. The van der Waals surface area contributed by atoms with E-state index >= 15 is 0 Å². The molecule has 3 aromatic heterocycles. The predicted octanol–water partition coefficient (Wildman–Crippen LogP) is 3.15. The minimum absolute atomic E-state index is 0.647. The maximum Gasteiger partial charge on any atom is 0.226 e. The van der Waals surface area contributed by atoms with Crippen LogP contribution in [0, 0.1) is 13.8 Å². The van der Waals surface area contributed by atoms with E-state index in [-0.39, 0.29) is 0 Å². The number of furan rings is 1. The van der Waals surface area contributed by atoms with Crippen LogP contribution in [-0.4, -0.2) is 52.7 Å². The molecule has 1 fully saturated rings. The highest BCUT2D eigenvalue weighted by Gasteiger charge is 2.22. The number of aromatic nitrogens is 3. The molecule has 136 valence electrons. The van der Waals surface area contributed by atoms with Crippen molar-refractivity contribution in [3.8, 4) is 22.8 Å². The summed E-state index contributed by atoms with van der Waals surface area (Å²) in [5.41, 5.74) is 2.34. The third-order valence-electron chi connectivity index (χ3n) is 4.75. The standard InChI is InChI=1S/C19H23N5O2/c1-4-23-7-9-24(10-8-23)19-20-12-15(17-11-13(2)22-26-17)18(21-19)16-6-5-14(3)25-16/h5-6,11-12H,4,7-10H2,1-3H3. The summed E-state index contributed by atoms with van der Waals surface area (Å²) in [6.07, 6.45) is 1.81. The molecule has 0 unspecified atom stereocenters. The summed E-state index contributed by atoms with van der Waals surface area (Å²) >= 11 is 0. The third-order valence-corrected chi connectivity index (χ3v) is 4.75. The number of aryl methyl sites for hydroxylation is 2. The first kappa shape index (κ1) is 16.8. The molecule has 7 nitrogen and oxygen atoms in total. The number of piperazine rings is 1. The van der Waals surface area contributed by atoms with Crippen molar-refractivity contribution in [3.63, 3.8) is 0 Å². The van der Waals surface area contributed by atoms with Crippen LogP contribution in [0.3, 0.4) is 0 Å². The Hall–Kier alpha value is -2.67. The van der Waals surface area contributed by atoms with Crippen molar-refractivity contribution in [1.29, 1.82) is 0 Å². The molecule has 0 saturated carbocycles. The van der Waals surface area contributed by atoms with Crippen LogP contribution in [0.1, 0.15) is 18.4 Å². The number of likely N-dealkylation sites (N-methyl/N-ethyl adjacent to an activating group) is 1. The Morgan fingerprint density at radius 1 is 1.08 bits per heavy atom. The van der Waals surface area contributed by atoms with Crippen molar-refractivity contribution in [3.05, 3.63) is 35.9 Å². The van der Waals surface area contributed by atoms with Gasteiger partial charge in [-0.15, -0.1) is 0 Å². The summed E-state index contributed by atoms with van der Waals surface area (Å²) in [7, 11) is 0. The molecule has 3 aromatic rings. The van der Waals surface area contributed by atoms with E-state index in [2.05, 4.69) is 26.9 Å². The van der Waals surface area contributed by atoms with Gasteiger partial charge in [-0.2, -0.15) is 0 Å². The van der Waals surface area contributed by atoms with Crippen LogP contribution in [-0.2, 0) is 0 Å². The molecule has 1 aliphatic heterocycles. The number of hydrogen-bond acceptors (Lipinski definition) is 7. The summed E-state index contributed by atoms with van der Waals surface area (Å²) in [6, 6.07) is 5.76. The minimum atomic E-state index is 0.647. The Balaban J connectivity index is 1.72. The molecule has 1 aliphatic rings. The fourth-order valence-electron chi connectivity index (χ4n) is 3.21. The highest BCUT2D eigenvalue weighted by molar-refractivity contribution is 5.76. The molecular formula is C19H23N5O2. The lowest BCUT2D eigenvalue weighted by Gasteiger charge is -2.34. The summed E-state index contributed by atoms with van der Waals surface area (Å²) in [4.78, 5) is 14.1. The van der Waals surface area contributed by atoms with Crippen LogP contribution in [0.25, 0.3) is 22.8 Å². The Morgan fingerprint density at radius 2 is 1.88 bits per heavy atom. The van der Waals surface area contributed by atoms with Crippen molar-refractivity contribution < 1.29 is 8.94 Å². The van der Waals surface area contributed by atoms with E-state index in [1.54, 1.807) is 0 Å². The number of nitrogens with zero attached hydrogens (tertiary/aromatic N) is 5. The maximum absolute atomic E-state index is 5.84. The summed E-state index contributed by atoms with van der Waals surface area (Å²) in [5.74, 6) is 2.93. The summed E-state index contributed by atoms with van der Waals surface area (Å²) in [5, 5.41) is 3.99. The van der Waals surface area contributed by atoms with Gasteiger partial charge in [-0.25, -0.2) is 9.97 Å². The fourth-order valence-corrected chi connectivity index (χ4v) is 3.21. The molecular weight excluding hydrogens is 330 g/mol. The van der Waals surface area contributed by atoms with E-state index in [4.69, 9.17) is 13.9 Å². The van der Waals surface area contributed by atoms with Gasteiger partial charge in [-0.05, 0) is 32.5 Å². The second-order valence-corrected chi connectivity index (χ2v) is 6.60. The summed E-state index contributed by atoms with van der Waals surface area (Å²) in [6.45, 7) is 11.0. The first-order valence-corrected chi connectivity index (χ1v) is 8.99. The first-order chi connectivity index (χ1) is 12.6. The Labute approximate surface area is 152 Å². The van der Waals surface area contributed by atoms with Crippen LogP contribution in [0.2, 0.25) is 0 Å². The monoisotopic (exact) mass is 353 g/mol. The van der Waals surface area contributed by atoms with Gasteiger partial charge < -0.3 is 18.7 Å². The molecule has 7 heteroatoms. The van der Waals surface area contributed by atoms with Gasteiger partial charge in [0.1, 0.15) is 11.5 Å². The van der Waals surface area contributed by atoms with Gasteiger partial charge >= 0.3 is 0 Å². The molecule has 0 atom stereocenters. The number of anilines is 1. The van der Waals surface area contributed by atoms with Gasteiger partial charge in [0.15, 0.2) is 11.5 Å². The first-order valence-electron chi connectivity index (χ1n) is 8.99. The van der Waals surface area contributed by atoms with Crippen molar-refractivity contribution in [1.82, 2.24) is 20.0 Å². The molecule has 0 aromatic carbocycles. The zero-order chi connectivity index (χ0) is 18.1. The van der Waals surface area contributed by atoms with Crippen LogP contribution >= 0.6 is 0 Å². The van der Waals surface area contributed by atoms with Crippen LogP contribution in [0.5, 0.6) is 0 Å². The fraction of sp³-hybridized carbons (Fsp3) is 0.421. The second kappa shape index (κ2) is 6.92. The van der Waals surface area contributed by atoms with Gasteiger partial charge in [0.05, 0.1) is 11.3 Å². The lowest BCUT2D eigenvalue weighted by atomic mass is 10.1. The molecule has 0 aliphatic carbocycles. The second-order valence-electron chi connectivity index (χ2n) is 6.60. The molecule has 0 radical (unpaired) electrons. The van der Waals surface area contributed by atoms with E-state index < -0.39 is 0 Å². The number of rotatable bonds is 4. The van der Waals surface area contributed by atoms with E-state index in [0.717, 1.165) is 61.4 Å². The average Bonchev–Trinajstić information content (AvgIpc) is 3.30. The molecule has 0 N–H and O–H groups in total. The molecule has 1 saturated heterocycles. The lowest BCUT2D eigenvalue weighted by Crippen LogP contribution is -2.46. The zero-order valence-electron chi connectivity index (χ0n) is 15.4. The van der Waals surface area contributed by atoms with Crippen molar-refractivity contribution in [2.45, 2.75) is 20.8 Å². The highest BCUT2D eigenvalue weighted by Crippen LogP contribution is 2.33. The topological polar surface area (TPSA) is 71.4 Å². The van der Waals surface area contributed by atoms with Crippen LogP contribution in [0.15, 0.2) is 33.3 Å². The lowest BCUT2D eigenvalue weighted by molar-refractivity contribution is 0.270. The normalized spacial score (nSPS) is 15.6. The molecule has 4 rings (SSSR count). The molecule has 0 amide bonds. The molecule has 0 spiro atoms. The van der Waals surface area contributed by atoms with E-state index in [0.29, 0.717) is 11.5 Å². The Morgan fingerprint density at radius 3 is 2.50 bits per heavy atom. The predicted molar refractivity (Wildman–Crippen MR) is 99.0 cm³/mol. The largest absolute Gasteiger partial charge is 0.460 e.